The van der Waals surface area contributed by atoms with Gasteiger partial charge in [-0.05, 0) is 20.3 Å². The van der Waals surface area contributed by atoms with Gasteiger partial charge in [-0.2, -0.15) is 16.7 Å². The first-order valence-electron chi connectivity index (χ1n) is 6.34. The quantitative estimate of drug-likeness (QED) is 0.883. The van der Waals surface area contributed by atoms with Crippen molar-refractivity contribution in [1.29, 1.82) is 0 Å². The van der Waals surface area contributed by atoms with Gasteiger partial charge in [-0.1, -0.05) is 12.1 Å². The summed E-state index contributed by atoms with van der Waals surface area (Å²) >= 11 is 1.71. The third kappa shape index (κ3) is 2.55. The summed E-state index contributed by atoms with van der Waals surface area (Å²) in [4.78, 5) is 4.43. The number of hydrogen-bond donors (Lipinski definition) is 1. The molecule has 6 heteroatoms. The van der Waals surface area contributed by atoms with E-state index in [1.165, 1.54) is 0 Å². The first kappa shape index (κ1) is 13.8. The molecule has 0 bridgehead atoms. The van der Waals surface area contributed by atoms with Crippen molar-refractivity contribution >= 4 is 11.8 Å². The van der Waals surface area contributed by atoms with Gasteiger partial charge in [-0.3, -0.25) is 0 Å². The van der Waals surface area contributed by atoms with E-state index in [9.17, 15) is 5.11 Å². The molecule has 0 aliphatic carbocycles. The van der Waals surface area contributed by atoms with Gasteiger partial charge in [0.15, 0.2) is 0 Å². The van der Waals surface area contributed by atoms with Crippen molar-refractivity contribution in [3.63, 3.8) is 0 Å². The Hall–Kier alpha value is -0.590. The lowest BCUT2D eigenvalue weighted by Crippen LogP contribution is -2.27. The zero-order valence-electron chi connectivity index (χ0n) is 11.0. The lowest BCUT2D eigenvalue weighted by atomic mass is 10.0. The van der Waals surface area contributed by atoms with Crippen LogP contribution in [0.2, 0.25) is 0 Å². The average molecular weight is 272 g/mol. The largest absolute Gasteiger partial charge is 0.391 e. The van der Waals surface area contributed by atoms with Crippen molar-refractivity contribution in [2.45, 2.75) is 44.8 Å². The number of ether oxygens (including phenoxy) is 1. The number of aliphatic hydroxyl groups is 1. The van der Waals surface area contributed by atoms with Crippen LogP contribution < -0.4 is 0 Å². The molecule has 1 saturated heterocycles. The van der Waals surface area contributed by atoms with Gasteiger partial charge in [0, 0.05) is 18.1 Å². The summed E-state index contributed by atoms with van der Waals surface area (Å²) in [5.74, 6) is 2.63. The van der Waals surface area contributed by atoms with Gasteiger partial charge in [0.2, 0.25) is 11.7 Å². The Kier molecular flexibility index (Phi) is 4.29. The molecule has 1 aliphatic rings. The standard InChI is InChI=1S/C12H20N2O3S/c1-4-12(3,16-5-2)11-13-10(17-14-11)8-6-18-7-9(8)15/h8-9,15H,4-7H2,1-3H3. The Labute approximate surface area is 111 Å². The molecule has 2 rings (SSSR count). The zero-order valence-corrected chi connectivity index (χ0v) is 11.9. The maximum absolute atomic E-state index is 9.84. The van der Waals surface area contributed by atoms with Crippen molar-refractivity contribution < 1.29 is 14.4 Å². The monoisotopic (exact) mass is 272 g/mol. The van der Waals surface area contributed by atoms with E-state index in [0.29, 0.717) is 18.3 Å². The van der Waals surface area contributed by atoms with Crippen LogP contribution >= 0.6 is 11.8 Å². The van der Waals surface area contributed by atoms with Gasteiger partial charge in [-0.25, -0.2) is 0 Å². The SMILES string of the molecule is CCOC(C)(CC)c1noc(C2CSCC2O)n1. The zero-order chi connectivity index (χ0) is 13.2. The van der Waals surface area contributed by atoms with E-state index in [0.717, 1.165) is 17.9 Å². The molecular weight excluding hydrogens is 252 g/mol. The first-order valence-corrected chi connectivity index (χ1v) is 7.50. The Balaban J connectivity index is 2.18. The fraction of sp³-hybridized carbons (Fsp3) is 0.833. The molecule has 1 aliphatic heterocycles. The second kappa shape index (κ2) is 5.59. The highest BCUT2D eigenvalue weighted by molar-refractivity contribution is 7.99. The lowest BCUT2D eigenvalue weighted by Gasteiger charge is -2.23. The number of nitrogens with zero attached hydrogens (tertiary/aromatic N) is 2. The van der Waals surface area contributed by atoms with E-state index < -0.39 is 5.60 Å². The van der Waals surface area contributed by atoms with E-state index in [-0.39, 0.29) is 12.0 Å². The van der Waals surface area contributed by atoms with E-state index in [1.807, 2.05) is 20.8 Å². The Morgan fingerprint density at radius 2 is 2.28 bits per heavy atom. The van der Waals surface area contributed by atoms with Crippen molar-refractivity contribution in [3.05, 3.63) is 11.7 Å². The summed E-state index contributed by atoms with van der Waals surface area (Å²) in [5, 5.41) is 13.9. The lowest BCUT2D eigenvalue weighted by molar-refractivity contribution is -0.0403. The minimum atomic E-state index is -0.507. The van der Waals surface area contributed by atoms with Crippen LogP contribution in [0.1, 0.15) is 44.8 Å². The number of hydrogen-bond acceptors (Lipinski definition) is 6. The number of rotatable bonds is 5. The maximum Gasteiger partial charge on any atom is 0.233 e. The molecule has 18 heavy (non-hydrogen) atoms. The summed E-state index contributed by atoms with van der Waals surface area (Å²) in [7, 11) is 0. The van der Waals surface area contributed by atoms with Crippen LogP contribution in [0.4, 0.5) is 0 Å². The highest BCUT2D eigenvalue weighted by Crippen LogP contribution is 2.34. The minimum Gasteiger partial charge on any atom is -0.391 e. The van der Waals surface area contributed by atoms with Crippen LogP contribution in [0.3, 0.4) is 0 Å². The van der Waals surface area contributed by atoms with Gasteiger partial charge in [0.05, 0.1) is 12.0 Å². The molecule has 2 heterocycles. The fourth-order valence-corrected chi connectivity index (χ4v) is 3.25. The van der Waals surface area contributed by atoms with Crippen LogP contribution in [0.25, 0.3) is 0 Å². The first-order chi connectivity index (χ1) is 8.60. The van der Waals surface area contributed by atoms with Crippen LogP contribution in [0.15, 0.2) is 4.52 Å². The molecule has 5 nitrogen and oxygen atoms in total. The molecule has 0 amide bonds. The molecule has 102 valence electrons. The van der Waals surface area contributed by atoms with Crippen LogP contribution in [0, 0.1) is 0 Å². The molecule has 1 aromatic heterocycles. The molecule has 0 radical (unpaired) electrons. The predicted octanol–water partition coefficient (Wildman–Crippen LogP) is 1.92. The Morgan fingerprint density at radius 3 is 2.83 bits per heavy atom. The predicted molar refractivity (Wildman–Crippen MR) is 69.6 cm³/mol. The Bertz CT molecular complexity index is 398. The second-order valence-corrected chi connectivity index (χ2v) is 5.76. The van der Waals surface area contributed by atoms with E-state index in [1.54, 1.807) is 11.8 Å². The smallest absolute Gasteiger partial charge is 0.233 e. The molecule has 0 aromatic carbocycles. The number of aromatic nitrogens is 2. The fourth-order valence-electron chi connectivity index (χ4n) is 2.02. The van der Waals surface area contributed by atoms with Crippen LogP contribution in [-0.2, 0) is 10.3 Å². The molecule has 3 atom stereocenters. The molecule has 1 aromatic rings. The van der Waals surface area contributed by atoms with E-state index in [2.05, 4.69) is 10.1 Å². The van der Waals surface area contributed by atoms with Gasteiger partial charge in [0.25, 0.3) is 0 Å². The topological polar surface area (TPSA) is 68.4 Å². The third-order valence-corrected chi connectivity index (χ3v) is 4.59. The highest BCUT2D eigenvalue weighted by Gasteiger charge is 2.36. The average Bonchev–Trinajstić information content (AvgIpc) is 2.97. The Morgan fingerprint density at radius 1 is 1.50 bits per heavy atom. The van der Waals surface area contributed by atoms with Gasteiger partial charge in [-0.15, -0.1) is 0 Å². The van der Waals surface area contributed by atoms with Gasteiger partial charge >= 0.3 is 0 Å². The van der Waals surface area contributed by atoms with Crippen LogP contribution in [0.5, 0.6) is 0 Å². The molecular formula is C12H20N2O3S. The summed E-state index contributed by atoms with van der Waals surface area (Å²) in [6.45, 7) is 6.55. The van der Waals surface area contributed by atoms with Crippen molar-refractivity contribution in [2.24, 2.45) is 0 Å². The summed E-state index contributed by atoms with van der Waals surface area (Å²) in [6, 6.07) is 0. The molecule has 0 saturated carbocycles. The van der Waals surface area contributed by atoms with E-state index in [4.69, 9.17) is 9.26 Å². The third-order valence-electron chi connectivity index (χ3n) is 3.42. The highest BCUT2D eigenvalue weighted by atomic mass is 32.2. The second-order valence-electron chi connectivity index (χ2n) is 4.68. The molecule has 3 unspecified atom stereocenters. The van der Waals surface area contributed by atoms with Crippen molar-refractivity contribution in [3.8, 4) is 0 Å². The van der Waals surface area contributed by atoms with E-state index >= 15 is 0 Å². The minimum absolute atomic E-state index is 0.0426. The van der Waals surface area contributed by atoms with Gasteiger partial charge < -0.3 is 14.4 Å². The maximum atomic E-state index is 9.84. The van der Waals surface area contributed by atoms with Gasteiger partial charge in [0.1, 0.15) is 5.60 Å². The summed E-state index contributed by atoms with van der Waals surface area (Å²) in [5.41, 5.74) is -0.507. The van der Waals surface area contributed by atoms with Crippen molar-refractivity contribution in [1.82, 2.24) is 10.1 Å². The molecule has 1 fully saturated rings. The summed E-state index contributed by atoms with van der Waals surface area (Å²) < 4.78 is 11.0. The summed E-state index contributed by atoms with van der Waals surface area (Å²) in [6.07, 6.45) is 0.394. The number of thioether (sulfide) groups is 1. The molecule has 1 N–H and O–H groups in total. The van der Waals surface area contributed by atoms with Crippen LogP contribution in [-0.4, -0.2) is 39.5 Å². The number of aliphatic hydroxyl groups excluding tert-OH is 1. The normalized spacial score (nSPS) is 27.3. The van der Waals surface area contributed by atoms with Crippen molar-refractivity contribution in [2.75, 3.05) is 18.1 Å². The molecule has 0 spiro atoms.